The molecular formula is C23H20N2O4. The molecule has 2 heterocycles. The largest absolute Gasteiger partial charge is 0.496 e. The highest BCUT2D eigenvalue weighted by Crippen LogP contribution is 2.27. The first kappa shape index (κ1) is 18.6. The van der Waals surface area contributed by atoms with Gasteiger partial charge < -0.3 is 14.0 Å². The van der Waals surface area contributed by atoms with Crippen molar-refractivity contribution in [1.82, 2.24) is 9.55 Å². The summed E-state index contributed by atoms with van der Waals surface area (Å²) in [4.78, 5) is 28.5. The molecule has 29 heavy (non-hydrogen) atoms. The summed E-state index contributed by atoms with van der Waals surface area (Å²) in [6.07, 6.45) is 1.79. The molecule has 6 heteroatoms. The van der Waals surface area contributed by atoms with Gasteiger partial charge in [-0.1, -0.05) is 48.5 Å². The first-order valence-electron chi connectivity index (χ1n) is 9.14. The zero-order valence-electron chi connectivity index (χ0n) is 16.1. The smallest absolute Gasteiger partial charge is 0.265 e. The number of rotatable bonds is 6. The Morgan fingerprint density at radius 2 is 1.72 bits per heavy atom. The molecule has 2 aromatic carbocycles. The Bertz CT molecular complexity index is 1240. The van der Waals surface area contributed by atoms with Crippen LogP contribution >= 0.6 is 0 Å². The van der Waals surface area contributed by atoms with E-state index in [0.717, 1.165) is 16.5 Å². The first-order chi connectivity index (χ1) is 14.1. The van der Waals surface area contributed by atoms with Gasteiger partial charge in [-0.25, -0.2) is 0 Å². The van der Waals surface area contributed by atoms with Crippen LogP contribution < -0.4 is 15.0 Å². The number of carbonyl (C=O) groups is 1. The van der Waals surface area contributed by atoms with Crippen LogP contribution in [0.5, 0.6) is 11.6 Å². The number of ketones is 1. The molecule has 0 fully saturated rings. The van der Waals surface area contributed by atoms with E-state index in [4.69, 9.17) is 9.47 Å². The molecule has 146 valence electrons. The summed E-state index contributed by atoms with van der Waals surface area (Å²) >= 11 is 0. The average Bonchev–Trinajstić information content (AvgIpc) is 3.12. The van der Waals surface area contributed by atoms with Gasteiger partial charge in [0.15, 0.2) is 5.88 Å². The fourth-order valence-electron chi connectivity index (χ4n) is 3.47. The summed E-state index contributed by atoms with van der Waals surface area (Å²) in [5.41, 5.74) is 1.89. The van der Waals surface area contributed by atoms with Crippen LogP contribution in [-0.2, 0) is 6.54 Å². The topological polar surface area (TPSA) is 73.3 Å². The lowest BCUT2D eigenvalue weighted by Gasteiger charge is -2.08. The minimum Gasteiger partial charge on any atom is -0.496 e. The lowest BCUT2D eigenvalue weighted by atomic mass is 10.0. The molecule has 0 radical (unpaired) electrons. The minimum absolute atomic E-state index is 0.0454. The molecule has 6 nitrogen and oxygen atoms in total. The number of benzene rings is 2. The van der Waals surface area contributed by atoms with E-state index in [1.54, 1.807) is 6.20 Å². The van der Waals surface area contributed by atoms with Gasteiger partial charge in [0, 0.05) is 35.3 Å². The third-order valence-electron chi connectivity index (χ3n) is 4.87. The Morgan fingerprint density at radius 3 is 2.45 bits per heavy atom. The van der Waals surface area contributed by atoms with E-state index >= 15 is 0 Å². The van der Waals surface area contributed by atoms with Crippen LogP contribution in [0.15, 0.2) is 71.7 Å². The van der Waals surface area contributed by atoms with Crippen LogP contribution in [0.2, 0.25) is 0 Å². The Morgan fingerprint density at radius 1 is 1.00 bits per heavy atom. The van der Waals surface area contributed by atoms with Gasteiger partial charge in [0.25, 0.3) is 5.56 Å². The lowest BCUT2D eigenvalue weighted by molar-refractivity contribution is 0.103. The van der Waals surface area contributed by atoms with Crippen molar-refractivity contribution in [3.05, 3.63) is 93.9 Å². The second kappa shape index (κ2) is 7.67. The van der Waals surface area contributed by atoms with Gasteiger partial charge in [0.2, 0.25) is 5.78 Å². The van der Waals surface area contributed by atoms with Crippen molar-refractivity contribution in [1.29, 1.82) is 0 Å². The van der Waals surface area contributed by atoms with Gasteiger partial charge in [-0.05, 0) is 11.6 Å². The molecule has 0 atom stereocenters. The van der Waals surface area contributed by atoms with Gasteiger partial charge in [-0.3, -0.25) is 14.6 Å². The summed E-state index contributed by atoms with van der Waals surface area (Å²) < 4.78 is 12.4. The number of aromatic amines is 1. The third kappa shape index (κ3) is 3.40. The molecule has 0 aliphatic rings. The SMILES string of the molecule is COc1cc(OC)c(C(=O)c2cn(Cc3ccccc3)c3ccccc23)c(=O)[nH]1. The van der Waals surface area contributed by atoms with Crippen LogP contribution in [-0.4, -0.2) is 29.6 Å². The molecular weight excluding hydrogens is 368 g/mol. The number of nitrogens with zero attached hydrogens (tertiary/aromatic N) is 1. The van der Waals surface area contributed by atoms with Crippen molar-refractivity contribution in [3.63, 3.8) is 0 Å². The second-order valence-corrected chi connectivity index (χ2v) is 6.61. The Hall–Kier alpha value is -3.80. The maximum atomic E-state index is 13.4. The number of H-pyrrole nitrogens is 1. The van der Waals surface area contributed by atoms with E-state index < -0.39 is 11.3 Å². The van der Waals surface area contributed by atoms with Gasteiger partial charge in [-0.2, -0.15) is 0 Å². The molecule has 0 bridgehead atoms. The fourth-order valence-corrected chi connectivity index (χ4v) is 3.47. The molecule has 1 N–H and O–H groups in total. The van der Waals surface area contributed by atoms with Crippen molar-refractivity contribution >= 4 is 16.7 Å². The Labute approximate surface area is 167 Å². The van der Waals surface area contributed by atoms with E-state index in [-0.39, 0.29) is 17.2 Å². The zero-order valence-corrected chi connectivity index (χ0v) is 16.1. The van der Waals surface area contributed by atoms with Gasteiger partial charge in [-0.15, -0.1) is 0 Å². The quantitative estimate of drug-likeness (QED) is 0.512. The van der Waals surface area contributed by atoms with E-state index in [0.29, 0.717) is 12.1 Å². The van der Waals surface area contributed by atoms with Crippen molar-refractivity contribution < 1.29 is 14.3 Å². The number of carbonyl (C=O) groups excluding carboxylic acids is 1. The number of para-hydroxylation sites is 1. The average molecular weight is 388 g/mol. The monoisotopic (exact) mass is 388 g/mol. The number of ether oxygens (including phenoxy) is 2. The van der Waals surface area contributed by atoms with Gasteiger partial charge in [0.05, 0.1) is 14.2 Å². The van der Waals surface area contributed by atoms with Crippen LogP contribution in [0.4, 0.5) is 0 Å². The number of hydrogen-bond acceptors (Lipinski definition) is 4. The lowest BCUT2D eigenvalue weighted by Crippen LogP contribution is -2.20. The van der Waals surface area contributed by atoms with E-state index in [1.165, 1.54) is 20.3 Å². The highest BCUT2D eigenvalue weighted by Gasteiger charge is 2.24. The number of pyridine rings is 1. The summed E-state index contributed by atoms with van der Waals surface area (Å²) in [6, 6.07) is 19.1. The van der Waals surface area contributed by atoms with Gasteiger partial charge >= 0.3 is 0 Å². The number of aromatic nitrogens is 2. The van der Waals surface area contributed by atoms with Crippen molar-refractivity contribution in [2.45, 2.75) is 6.54 Å². The maximum Gasteiger partial charge on any atom is 0.265 e. The first-order valence-corrected chi connectivity index (χ1v) is 9.14. The van der Waals surface area contributed by atoms with Crippen LogP contribution in [0, 0.1) is 0 Å². The summed E-state index contributed by atoms with van der Waals surface area (Å²) in [6.45, 7) is 0.616. The fraction of sp³-hybridized carbons (Fsp3) is 0.130. The number of hydrogen-bond donors (Lipinski definition) is 1. The highest BCUT2D eigenvalue weighted by molar-refractivity contribution is 6.17. The molecule has 0 saturated heterocycles. The predicted molar refractivity (Wildman–Crippen MR) is 111 cm³/mol. The normalized spacial score (nSPS) is 10.8. The molecule has 0 amide bonds. The van der Waals surface area contributed by atoms with Crippen LogP contribution in [0.25, 0.3) is 10.9 Å². The molecule has 4 aromatic rings. The number of nitrogens with one attached hydrogen (secondary N) is 1. The number of methoxy groups -OCH3 is 2. The highest BCUT2D eigenvalue weighted by atomic mass is 16.5. The molecule has 0 aliphatic carbocycles. The van der Waals surface area contributed by atoms with Crippen LogP contribution in [0.1, 0.15) is 21.5 Å². The van der Waals surface area contributed by atoms with Gasteiger partial charge in [0.1, 0.15) is 11.3 Å². The van der Waals surface area contributed by atoms with Crippen molar-refractivity contribution in [3.8, 4) is 11.6 Å². The minimum atomic E-state index is -0.550. The van der Waals surface area contributed by atoms with E-state index in [1.807, 2.05) is 59.2 Å². The Balaban J connectivity index is 1.85. The predicted octanol–water partition coefficient (Wildman–Crippen LogP) is 3.63. The Kier molecular flexibility index (Phi) is 4.91. The third-order valence-corrected chi connectivity index (χ3v) is 4.87. The maximum absolute atomic E-state index is 13.4. The molecule has 4 rings (SSSR count). The van der Waals surface area contributed by atoms with Crippen LogP contribution in [0.3, 0.4) is 0 Å². The number of fused-ring (bicyclic) bond motifs is 1. The summed E-state index contributed by atoms with van der Waals surface area (Å²) in [7, 11) is 2.85. The van der Waals surface area contributed by atoms with Crippen molar-refractivity contribution in [2.75, 3.05) is 14.2 Å². The summed E-state index contributed by atoms with van der Waals surface area (Å²) in [5, 5.41) is 0.783. The molecule has 2 aromatic heterocycles. The van der Waals surface area contributed by atoms with E-state index in [9.17, 15) is 9.59 Å². The van der Waals surface area contributed by atoms with Crippen molar-refractivity contribution in [2.24, 2.45) is 0 Å². The second-order valence-electron chi connectivity index (χ2n) is 6.61. The summed E-state index contributed by atoms with van der Waals surface area (Å²) in [5.74, 6) is 0.0131. The standard InChI is InChI=1S/C23H20N2O4/c1-28-19-12-20(29-2)24-23(27)21(19)22(26)17-14-25(13-15-8-4-3-5-9-15)18-11-7-6-10-16(17)18/h3-12,14H,13H2,1-2H3,(H,24,27). The van der Waals surface area contributed by atoms with E-state index in [2.05, 4.69) is 4.98 Å². The molecule has 0 aliphatic heterocycles. The molecule has 0 saturated carbocycles. The molecule has 0 unspecified atom stereocenters. The zero-order chi connectivity index (χ0) is 20.4. The molecule has 0 spiro atoms.